The number of benzene rings is 1. The van der Waals surface area contributed by atoms with Crippen LogP contribution >= 0.6 is 0 Å². The van der Waals surface area contributed by atoms with Crippen LogP contribution < -0.4 is -0.684 Å². The molecule has 10 heavy (non-hydrogen) atoms. The fraction of sp³-hybridized carbons (Fsp3) is 0.250. The summed E-state index contributed by atoms with van der Waals surface area (Å²) in [5, 5.41) is 0. The van der Waals surface area contributed by atoms with Gasteiger partial charge in [-0.1, -0.05) is 0 Å². The summed E-state index contributed by atoms with van der Waals surface area (Å²) < 4.78 is 3.36. The van der Waals surface area contributed by atoms with E-state index in [1.807, 2.05) is 0 Å². The molecule has 42 valence electrons. The van der Waals surface area contributed by atoms with Crippen LogP contribution in [0.2, 0.25) is 0 Å². The Morgan fingerprint density at radius 3 is 2.20 bits per heavy atom. The second-order valence-electron chi connectivity index (χ2n) is 2.95. The summed E-state index contributed by atoms with van der Waals surface area (Å²) in [5.74, 6) is 0. The minimum absolute atomic E-state index is 0.873. The van der Waals surface area contributed by atoms with Crippen molar-refractivity contribution in [3.63, 3.8) is 0 Å². The molecular weight excluding hydrogens is 174 g/mol. The molecule has 1 aromatic rings. The van der Waals surface area contributed by atoms with Crippen LogP contribution in [-0.4, -0.2) is 97.9 Å². The number of rotatable bonds is 0. The van der Waals surface area contributed by atoms with Gasteiger partial charge in [-0.2, -0.15) is 0 Å². The average Bonchev–Trinajstić information content (AvgIpc) is 1.93. The normalized spacial score (nSPS) is 10.2. The quantitative estimate of drug-likeness (QED) is 0.491. The van der Waals surface area contributed by atoms with Crippen molar-refractivity contribution in [1.82, 2.24) is 0 Å². The van der Waals surface area contributed by atoms with Crippen molar-refractivity contribution in [3.05, 3.63) is 23.3 Å². The molecule has 0 saturated carbocycles. The molecule has 0 unspecified atom stereocenters. The van der Waals surface area contributed by atoms with Crippen molar-refractivity contribution in [1.29, 1.82) is 0 Å². The Morgan fingerprint density at radius 1 is 1.10 bits per heavy atom. The van der Waals surface area contributed by atoms with E-state index < -0.39 is 0 Å². The molecule has 0 heterocycles. The molecule has 0 saturated heterocycles. The summed E-state index contributed by atoms with van der Waals surface area (Å²) in [5.41, 5.74) is 3.03. The van der Waals surface area contributed by atoms with Crippen molar-refractivity contribution < 1.29 is 0 Å². The van der Waals surface area contributed by atoms with Crippen LogP contribution in [0.15, 0.2) is 12.1 Å². The average molecular weight is 182 g/mol. The van der Waals surface area contributed by atoms with Gasteiger partial charge in [-0.25, -0.2) is 0 Å². The molecule has 0 radical (unpaired) electrons. The van der Waals surface area contributed by atoms with Crippen LogP contribution in [0, 0.1) is 13.8 Å². The summed E-state index contributed by atoms with van der Waals surface area (Å²) in [6, 6.07) is 4.56. The third-order valence-electron chi connectivity index (χ3n) is 2.33. The minimum atomic E-state index is 0.873. The predicted molar refractivity (Wildman–Crippen MR) is 46.7 cm³/mol. The Labute approximate surface area is 130 Å². The first kappa shape index (κ1) is 10.6. The van der Waals surface area contributed by atoms with E-state index in [4.69, 9.17) is 0 Å². The molecule has 0 bridgehead atoms. The van der Waals surface area contributed by atoms with Gasteiger partial charge in [0.2, 0.25) is 0 Å². The summed E-state index contributed by atoms with van der Waals surface area (Å²) in [7, 11) is 0. The standard InChI is InChI=1S/C8H8.2K/c1-7-5-3-4-6-8(7)2;;/h3,5H,1-2H3;;. The third-order valence-corrected chi connectivity index (χ3v) is 8.86. The van der Waals surface area contributed by atoms with Crippen LogP contribution in [-0.2, 0) is 0 Å². The Balaban J connectivity index is 3.34. The van der Waals surface area contributed by atoms with E-state index in [0.717, 1.165) is 97.9 Å². The maximum atomic E-state index is 2.31. The van der Waals surface area contributed by atoms with Crippen molar-refractivity contribution in [2.45, 2.75) is 13.8 Å². The molecule has 0 N–H and O–H groups in total. The Hall–Kier alpha value is 2.49. The van der Waals surface area contributed by atoms with Gasteiger partial charge in [-0.05, 0) is 0 Å². The van der Waals surface area contributed by atoms with Gasteiger partial charge in [0.25, 0.3) is 0 Å². The van der Waals surface area contributed by atoms with E-state index in [-0.39, 0.29) is 0 Å². The maximum absolute atomic E-state index is 2.31. The van der Waals surface area contributed by atoms with E-state index >= 15 is 0 Å². The van der Waals surface area contributed by atoms with Gasteiger partial charge in [0.1, 0.15) is 0 Å². The molecule has 2 heteroatoms. The van der Waals surface area contributed by atoms with Crippen LogP contribution in [0.5, 0.6) is 0 Å². The van der Waals surface area contributed by atoms with Crippen LogP contribution in [0.3, 0.4) is 0 Å². The molecule has 0 spiro atoms. The van der Waals surface area contributed by atoms with E-state index in [1.165, 1.54) is 5.56 Å². The van der Waals surface area contributed by atoms with Crippen LogP contribution in [0.25, 0.3) is 0 Å². The zero-order valence-corrected chi connectivity index (χ0v) is 13.4. The number of hydrogen-bond donors (Lipinski definition) is 0. The van der Waals surface area contributed by atoms with Gasteiger partial charge < -0.3 is 0 Å². The van der Waals surface area contributed by atoms with E-state index in [0.29, 0.717) is 0 Å². The van der Waals surface area contributed by atoms with Gasteiger partial charge in [-0.3, -0.25) is 0 Å². The zero-order chi connectivity index (χ0) is 7.72. The molecule has 0 atom stereocenters. The Morgan fingerprint density at radius 2 is 1.70 bits per heavy atom. The van der Waals surface area contributed by atoms with E-state index in [9.17, 15) is 0 Å². The molecule has 1 aromatic carbocycles. The van der Waals surface area contributed by atoms with Crippen molar-refractivity contribution in [2.75, 3.05) is 0 Å². The van der Waals surface area contributed by atoms with Gasteiger partial charge in [-0.15, -0.1) is 0 Å². The summed E-state index contributed by atoms with van der Waals surface area (Å²) in [6.07, 6.45) is 0. The molecule has 0 amide bonds. The van der Waals surface area contributed by atoms with Crippen molar-refractivity contribution in [3.8, 4) is 0 Å². The number of hydrogen-bond acceptors (Lipinski definition) is 0. The molecule has 0 aliphatic heterocycles. The van der Waals surface area contributed by atoms with Crippen LogP contribution in [0.1, 0.15) is 11.1 Å². The molecule has 0 aliphatic rings. The molecule has 0 aliphatic carbocycles. The summed E-state index contributed by atoms with van der Waals surface area (Å²) in [6.45, 7) is 4.46. The van der Waals surface area contributed by atoms with Gasteiger partial charge >= 0.3 is 134 Å². The summed E-state index contributed by atoms with van der Waals surface area (Å²) >= 11 is 1.75. The zero-order valence-electron chi connectivity index (χ0n) is 7.15. The van der Waals surface area contributed by atoms with E-state index in [1.54, 1.807) is 4.88 Å². The first-order valence-corrected chi connectivity index (χ1v) is 6.78. The fourth-order valence-corrected chi connectivity index (χ4v) is 2.81. The van der Waals surface area contributed by atoms with Crippen LogP contribution in [0.4, 0.5) is 0 Å². The van der Waals surface area contributed by atoms with Crippen molar-refractivity contribution in [2.24, 2.45) is 0 Å². The molecular formula is C8H8K2. The topological polar surface area (TPSA) is 0 Å². The second-order valence-corrected chi connectivity index (χ2v) is 6.19. The van der Waals surface area contributed by atoms with Gasteiger partial charge in [0.15, 0.2) is 0 Å². The Bertz CT molecular complexity index is 227. The molecule has 0 nitrogen and oxygen atoms in total. The van der Waals surface area contributed by atoms with Crippen molar-refractivity contribution >= 4 is 97.2 Å². The predicted octanol–water partition coefficient (Wildman–Crippen LogP) is -0.109. The van der Waals surface area contributed by atoms with E-state index in [2.05, 4.69) is 26.0 Å². The molecule has 0 fully saturated rings. The first-order valence-electron chi connectivity index (χ1n) is 3.66. The van der Waals surface area contributed by atoms with Gasteiger partial charge in [0, 0.05) is 0 Å². The SMILES string of the molecule is Cc1cc[c]([K])[c]([K])c1C. The molecule has 0 aromatic heterocycles. The molecule has 1 rings (SSSR count). The Kier molecular flexibility index (Phi) is 4.92. The number of aryl methyl sites for hydroxylation is 1. The monoisotopic (exact) mass is 182 g/mol. The second kappa shape index (κ2) is 4.65. The van der Waals surface area contributed by atoms with Gasteiger partial charge in [0.05, 0.1) is 0 Å². The fourth-order valence-electron chi connectivity index (χ4n) is 1.09. The summed E-state index contributed by atoms with van der Waals surface area (Å²) in [4.78, 5) is 0. The first-order chi connectivity index (χ1) is 4.63. The third kappa shape index (κ3) is 2.49.